The summed E-state index contributed by atoms with van der Waals surface area (Å²) in [5.41, 5.74) is 5.90. The summed E-state index contributed by atoms with van der Waals surface area (Å²) in [4.78, 5) is 11.0. The van der Waals surface area contributed by atoms with E-state index in [4.69, 9.17) is 10.5 Å². The van der Waals surface area contributed by atoms with Gasteiger partial charge in [0, 0.05) is 0 Å². The number of urea groups is 1. The number of carbonyl (C=O) groups is 1. The van der Waals surface area contributed by atoms with E-state index in [2.05, 4.69) is 6.92 Å². The first-order valence-corrected chi connectivity index (χ1v) is 7.47. The van der Waals surface area contributed by atoms with Crippen molar-refractivity contribution in [3.05, 3.63) is 42.0 Å². The number of carbonyl (C=O) groups excluding carboxylic acids is 1. The van der Waals surface area contributed by atoms with Crippen LogP contribution in [0.25, 0.3) is 10.8 Å². The predicted molar refractivity (Wildman–Crippen MR) is 86.0 cm³/mol. The molecule has 3 N–H and O–H groups in total. The number of nitrogens with zero attached hydrogens (tertiary/aromatic N) is 1. The van der Waals surface area contributed by atoms with E-state index < -0.39 is 12.1 Å². The number of nitrogens with two attached hydrogens (primary N) is 1. The highest BCUT2D eigenvalue weighted by molar-refractivity contribution is 5.84. The van der Waals surface area contributed by atoms with Crippen molar-refractivity contribution in [1.82, 2.24) is 5.06 Å². The van der Waals surface area contributed by atoms with Gasteiger partial charge in [-0.15, -0.1) is 0 Å². The smallest absolute Gasteiger partial charge is 0.339 e. The summed E-state index contributed by atoms with van der Waals surface area (Å²) in [6, 6.07) is 10.3. The summed E-state index contributed by atoms with van der Waals surface area (Å²) in [5, 5.41) is 12.2. The van der Waals surface area contributed by atoms with Crippen LogP contribution in [0.3, 0.4) is 0 Å². The van der Waals surface area contributed by atoms with E-state index in [1.807, 2.05) is 36.4 Å². The number of ether oxygens (including phenoxy) is 1. The van der Waals surface area contributed by atoms with Gasteiger partial charge in [0.1, 0.15) is 5.75 Å². The molecule has 1 unspecified atom stereocenters. The molecule has 22 heavy (non-hydrogen) atoms. The summed E-state index contributed by atoms with van der Waals surface area (Å²) in [5.74, 6) is 0.850. The van der Waals surface area contributed by atoms with Gasteiger partial charge in [-0.1, -0.05) is 31.5 Å². The Labute approximate surface area is 130 Å². The minimum absolute atomic E-state index is 0.498. The predicted octanol–water partition coefficient (Wildman–Crippen LogP) is 3.85. The Balaban J connectivity index is 2.21. The van der Waals surface area contributed by atoms with E-state index >= 15 is 0 Å². The summed E-state index contributed by atoms with van der Waals surface area (Å²) in [6.45, 7) is 4.56. The number of benzene rings is 2. The molecule has 0 saturated carbocycles. The minimum Gasteiger partial charge on any atom is -0.494 e. The molecule has 0 bridgehead atoms. The van der Waals surface area contributed by atoms with Crippen molar-refractivity contribution in [2.24, 2.45) is 5.73 Å². The Kier molecular flexibility index (Phi) is 5.22. The van der Waals surface area contributed by atoms with Crippen LogP contribution in [-0.2, 0) is 0 Å². The van der Waals surface area contributed by atoms with Crippen molar-refractivity contribution in [2.75, 3.05) is 6.61 Å². The molecule has 0 aliphatic heterocycles. The quantitative estimate of drug-likeness (QED) is 0.483. The monoisotopic (exact) mass is 302 g/mol. The van der Waals surface area contributed by atoms with Crippen molar-refractivity contribution >= 4 is 16.8 Å². The number of primary amides is 1. The number of amides is 2. The molecule has 0 radical (unpaired) electrons. The van der Waals surface area contributed by atoms with Crippen LogP contribution in [0.15, 0.2) is 36.4 Å². The van der Waals surface area contributed by atoms with Gasteiger partial charge < -0.3 is 10.5 Å². The highest BCUT2D eigenvalue weighted by atomic mass is 16.5. The summed E-state index contributed by atoms with van der Waals surface area (Å²) in [7, 11) is 0. The first kappa shape index (κ1) is 16.1. The van der Waals surface area contributed by atoms with Gasteiger partial charge in [0.2, 0.25) is 0 Å². The number of hydroxylamine groups is 2. The lowest BCUT2D eigenvalue weighted by atomic mass is 10.0. The third kappa shape index (κ3) is 3.68. The van der Waals surface area contributed by atoms with Crippen molar-refractivity contribution in [3.8, 4) is 5.75 Å². The Morgan fingerprint density at radius 3 is 2.64 bits per heavy atom. The van der Waals surface area contributed by atoms with Gasteiger partial charge in [-0.3, -0.25) is 5.21 Å². The molecule has 118 valence electrons. The largest absolute Gasteiger partial charge is 0.494 e. The summed E-state index contributed by atoms with van der Waals surface area (Å²) < 4.78 is 5.69. The first-order valence-electron chi connectivity index (χ1n) is 7.47. The lowest BCUT2D eigenvalue weighted by molar-refractivity contribution is -0.0709. The molecule has 5 nitrogen and oxygen atoms in total. The second-order valence-corrected chi connectivity index (χ2v) is 5.33. The number of unbranched alkanes of at least 4 members (excludes halogenated alkanes) is 1. The van der Waals surface area contributed by atoms with Crippen molar-refractivity contribution in [2.45, 2.75) is 32.7 Å². The van der Waals surface area contributed by atoms with Crippen molar-refractivity contribution in [3.63, 3.8) is 0 Å². The van der Waals surface area contributed by atoms with Crippen LogP contribution in [-0.4, -0.2) is 22.9 Å². The second kappa shape index (κ2) is 7.13. The van der Waals surface area contributed by atoms with E-state index in [-0.39, 0.29) is 0 Å². The normalized spacial score (nSPS) is 12.1. The van der Waals surface area contributed by atoms with Gasteiger partial charge in [-0.2, -0.15) is 5.06 Å². The van der Waals surface area contributed by atoms with Crippen LogP contribution in [0, 0.1) is 0 Å². The molecule has 2 aromatic carbocycles. The SMILES string of the molecule is CCCCOc1ccc2cc(C(C)N(O)C(N)=O)ccc2c1. The maximum atomic E-state index is 11.0. The lowest BCUT2D eigenvalue weighted by Crippen LogP contribution is -2.34. The van der Waals surface area contributed by atoms with E-state index in [1.54, 1.807) is 6.92 Å². The van der Waals surface area contributed by atoms with Gasteiger partial charge in [0.05, 0.1) is 12.6 Å². The van der Waals surface area contributed by atoms with Gasteiger partial charge >= 0.3 is 6.03 Å². The van der Waals surface area contributed by atoms with Gasteiger partial charge in [-0.05, 0) is 47.9 Å². The zero-order chi connectivity index (χ0) is 16.1. The number of hydrogen-bond donors (Lipinski definition) is 2. The minimum atomic E-state index is -0.868. The van der Waals surface area contributed by atoms with Crippen LogP contribution in [0.4, 0.5) is 4.79 Å². The second-order valence-electron chi connectivity index (χ2n) is 5.33. The highest BCUT2D eigenvalue weighted by Crippen LogP contribution is 2.26. The molecule has 0 heterocycles. The van der Waals surface area contributed by atoms with Gasteiger partial charge in [-0.25, -0.2) is 4.79 Å². The van der Waals surface area contributed by atoms with Gasteiger partial charge in [0.15, 0.2) is 0 Å². The Morgan fingerprint density at radius 1 is 1.27 bits per heavy atom. The fraction of sp³-hybridized carbons (Fsp3) is 0.353. The van der Waals surface area contributed by atoms with E-state index in [0.717, 1.165) is 41.5 Å². The molecule has 0 spiro atoms. The molecule has 0 fully saturated rings. The molecule has 2 aromatic rings. The standard InChI is InChI=1S/C17H22N2O3/c1-3-4-9-22-16-8-7-14-10-13(5-6-15(14)11-16)12(2)19(21)17(18)20/h5-8,10-12,21H,3-4,9H2,1-2H3,(H2,18,20). The molecular formula is C17H22N2O3. The molecule has 2 amide bonds. The zero-order valence-corrected chi connectivity index (χ0v) is 13.0. The zero-order valence-electron chi connectivity index (χ0n) is 13.0. The molecule has 0 aromatic heterocycles. The van der Waals surface area contributed by atoms with E-state index in [1.165, 1.54) is 0 Å². The average Bonchev–Trinajstić information content (AvgIpc) is 2.53. The number of hydrogen-bond acceptors (Lipinski definition) is 3. The van der Waals surface area contributed by atoms with Crippen LogP contribution in [0.5, 0.6) is 5.75 Å². The Bertz CT molecular complexity index is 657. The highest BCUT2D eigenvalue weighted by Gasteiger charge is 2.17. The Hall–Kier alpha value is -2.27. The summed E-state index contributed by atoms with van der Waals surface area (Å²) in [6.07, 6.45) is 2.14. The molecule has 0 aliphatic rings. The van der Waals surface area contributed by atoms with Crippen molar-refractivity contribution < 1.29 is 14.7 Å². The van der Waals surface area contributed by atoms with Crippen molar-refractivity contribution in [1.29, 1.82) is 0 Å². The molecule has 5 heteroatoms. The molecule has 2 rings (SSSR count). The Morgan fingerprint density at radius 2 is 1.95 bits per heavy atom. The molecule has 0 aliphatic carbocycles. The number of fused-ring (bicyclic) bond motifs is 1. The molecule has 1 atom stereocenters. The van der Waals surface area contributed by atoms with Crippen LogP contribution >= 0.6 is 0 Å². The molecule has 0 saturated heterocycles. The average molecular weight is 302 g/mol. The topological polar surface area (TPSA) is 75.8 Å². The number of rotatable bonds is 6. The fourth-order valence-corrected chi connectivity index (χ4v) is 2.26. The van der Waals surface area contributed by atoms with Crippen LogP contribution in [0.2, 0.25) is 0 Å². The first-order chi connectivity index (χ1) is 10.5. The summed E-state index contributed by atoms with van der Waals surface area (Å²) >= 11 is 0. The van der Waals surface area contributed by atoms with E-state index in [9.17, 15) is 10.0 Å². The van der Waals surface area contributed by atoms with Gasteiger partial charge in [0.25, 0.3) is 0 Å². The van der Waals surface area contributed by atoms with Crippen LogP contribution < -0.4 is 10.5 Å². The van der Waals surface area contributed by atoms with Crippen LogP contribution in [0.1, 0.15) is 38.3 Å². The maximum absolute atomic E-state index is 11.0. The van der Waals surface area contributed by atoms with E-state index in [0.29, 0.717) is 5.06 Å². The lowest BCUT2D eigenvalue weighted by Gasteiger charge is -2.21. The molecular weight excluding hydrogens is 280 g/mol. The fourth-order valence-electron chi connectivity index (χ4n) is 2.26. The third-order valence-electron chi connectivity index (χ3n) is 3.68. The third-order valence-corrected chi connectivity index (χ3v) is 3.68. The maximum Gasteiger partial charge on any atom is 0.339 e.